The van der Waals surface area contributed by atoms with E-state index < -0.39 is 0 Å². The van der Waals surface area contributed by atoms with Crippen LogP contribution in [0, 0.1) is 0 Å². The molecule has 1 aliphatic rings. The molecule has 3 heterocycles. The Morgan fingerprint density at radius 2 is 1.05 bits per heavy atom. The number of nitrogens with zero attached hydrogens (tertiary/aromatic N) is 1. The fraction of sp³-hybridized carbons (Fsp3) is 0.0526. The number of anilines is 3. The van der Waals surface area contributed by atoms with Crippen molar-refractivity contribution in [1.29, 1.82) is 0 Å². The molecule has 1 aliphatic carbocycles. The quantitative estimate of drug-likeness (QED) is 0.174. The lowest BCUT2D eigenvalue weighted by Gasteiger charge is -2.28. The van der Waals surface area contributed by atoms with Gasteiger partial charge in [-0.3, -0.25) is 0 Å². The molecular weight excluding hydrogens is 763 g/mol. The molecule has 9 aromatic carbocycles. The Morgan fingerprint density at radius 1 is 0.393 bits per heavy atom. The van der Waals surface area contributed by atoms with Gasteiger partial charge in [0, 0.05) is 53.1 Å². The lowest BCUT2D eigenvalue weighted by atomic mass is 9.82. The molecule has 0 radical (unpaired) electrons. The summed E-state index contributed by atoms with van der Waals surface area (Å²) in [5, 5.41) is 6.82. The van der Waals surface area contributed by atoms with E-state index >= 15 is 0 Å². The number of furan rings is 2. The normalized spacial score (nSPS) is 13.2. The molecule has 3 nitrogen and oxygen atoms in total. The minimum atomic E-state index is -0.148. The van der Waals surface area contributed by atoms with E-state index in [-0.39, 0.29) is 5.41 Å². The van der Waals surface area contributed by atoms with E-state index in [2.05, 4.69) is 207 Å². The van der Waals surface area contributed by atoms with Crippen LogP contribution in [0.2, 0.25) is 0 Å². The SMILES string of the molecule is CC1(C)c2ccccc2-c2ccc(N(c3ccc(-c4ccc5c(c4)sc4ccccc45)cc3)c3cccc4oc5cc6c(cc5c34)oc3ccc(-c4ccccc4)cc36)cc21. The molecule has 61 heavy (non-hydrogen) atoms. The van der Waals surface area contributed by atoms with E-state index in [1.54, 1.807) is 0 Å². The Balaban J connectivity index is 0.988. The Labute approximate surface area is 356 Å². The van der Waals surface area contributed by atoms with E-state index in [1.807, 2.05) is 11.3 Å². The van der Waals surface area contributed by atoms with Crippen LogP contribution in [0.15, 0.2) is 197 Å². The summed E-state index contributed by atoms with van der Waals surface area (Å²) in [6.07, 6.45) is 0. The highest BCUT2D eigenvalue weighted by Gasteiger charge is 2.36. The van der Waals surface area contributed by atoms with E-state index in [1.165, 1.54) is 59.1 Å². The van der Waals surface area contributed by atoms with Crippen molar-refractivity contribution < 1.29 is 8.83 Å². The zero-order chi connectivity index (χ0) is 40.4. The molecular formula is C57H37NO2S. The van der Waals surface area contributed by atoms with Crippen LogP contribution >= 0.6 is 11.3 Å². The third-order valence-electron chi connectivity index (χ3n) is 13.1. The van der Waals surface area contributed by atoms with Gasteiger partial charge in [-0.1, -0.05) is 129 Å². The van der Waals surface area contributed by atoms with E-state index in [0.717, 1.165) is 66.5 Å². The third kappa shape index (κ3) is 5.16. The summed E-state index contributed by atoms with van der Waals surface area (Å²) < 4.78 is 16.0. The van der Waals surface area contributed by atoms with Crippen LogP contribution in [0.1, 0.15) is 25.0 Å². The number of benzene rings is 9. The van der Waals surface area contributed by atoms with Crippen molar-refractivity contribution in [2.45, 2.75) is 19.3 Å². The largest absolute Gasteiger partial charge is 0.456 e. The van der Waals surface area contributed by atoms with Gasteiger partial charge in [-0.05, 0) is 117 Å². The van der Waals surface area contributed by atoms with Gasteiger partial charge in [0.15, 0.2) is 0 Å². The number of hydrogen-bond donors (Lipinski definition) is 0. The maximum absolute atomic E-state index is 6.77. The van der Waals surface area contributed by atoms with Gasteiger partial charge in [-0.25, -0.2) is 0 Å². The van der Waals surface area contributed by atoms with Gasteiger partial charge in [-0.2, -0.15) is 0 Å². The van der Waals surface area contributed by atoms with Gasteiger partial charge < -0.3 is 13.7 Å². The van der Waals surface area contributed by atoms with Crippen molar-refractivity contribution in [3.63, 3.8) is 0 Å². The highest BCUT2D eigenvalue weighted by Crippen LogP contribution is 2.52. The first kappa shape index (κ1) is 34.5. The van der Waals surface area contributed by atoms with Crippen molar-refractivity contribution in [3.05, 3.63) is 199 Å². The summed E-state index contributed by atoms with van der Waals surface area (Å²) >= 11 is 1.86. The van der Waals surface area contributed by atoms with Gasteiger partial charge in [0.25, 0.3) is 0 Å². The third-order valence-corrected chi connectivity index (χ3v) is 14.2. The lowest BCUT2D eigenvalue weighted by molar-refractivity contribution is 0.660. The van der Waals surface area contributed by atoms with Gasteiger partial charge >= 0.3 is 0 Å². The van der Waals surface area contributed by atoms with E-state index in [4.69, 9.17) is 8.83 Å². The minimum absolute atomic E-state index is 0.148. The number of fused-ring (bicyclic) bond motifs is 12. The molecule has 0 spiro atoms. The average molecular weight is 800 g/mol. The molecule has 0 atom stereocenters. The molecule has 12 aromatic rings. The summed E-state index contributed by atoms with van der Waals surface area (Å²) in [4.78, 5) is 2.41. The average Bonchev–Trinajstić information content (AvgIpc) is 4.03. The highest BCUT2D eigenvalue weighted by molar-refractivity contribution is 7.25. The molecule has 0 saturated heterocycles. The molecule has 13 rings (SSSR count). The minimum Gasteiger partial charge on any atom is -0.456 e. The molecule has 0 bridgehead atoms. The maximum Gasteiger partial charge on any atom is 0.137 e. The molecule has 0 amide bonds. The molecule has 0 aliphatic heterocycles. The Bertz CT molecular complexity index is 3740. The van der Waals surface area contributed by atoms with Gasteiger partial charge in [0.2, 0.25) is 0 Å². The van der Waals surface area contributed by atoms with Crippen LogP contribution in [-0.4, -0.2) is 0 Å². The molecule has 0 unspecified atom stereocenters. The van der Waals surface area contributed by atoms with Crippen molar-refractivity contribution >= 4 is 92.4 Å². The second-order valence-electron chi connectivity index (χ2n) is 16.9. The zero-order valence-electron chi connectivity index (χ0n) is 33.6. The summed E-state index contributed by atoms with van der Waals surface area (Å²) in [6.45, 7) is 4.69. The smallest absolute Gasteiger partial charge is 0.137 e. The van der Waals surface area contributed by atoms with Crippen molar-refractivity contribution in [3.8, 4) is 33.4 Å². The van der Waals surface area contributed by atoms with Gasteiger partial charge in [-0.15, -0.1) is 11.3 Å². The molecule has 3 aromatic heterocycles. The maximum atomic E-state index is 6.77. The summed E-state index contributed by atoms with van der Waals surface area (Å²) in [5.41, 5.74) is 16.5. The summed E-state index contributed by atoms with van der Waals surface area (Å²) in [6, 6.07) is 68.2. The molecule has 4 heteroatoms. The number of thiophene rings is 1. The molecule has 0 saturated carbocycles. The van der Waals surface area contributed by atoms with Crippen LogP contribution < -0.4 is 4.90 Å². The van der Waals surface area contributed by atoms with E-state index in [0.29, 0.717) is 0 Å². The zero-order valence-corrected chi connectivity index (χ0v) is 34.4. The standard InChI is InChI=1S/C57H37NO2S/c1-57(2)47-15-8-6-13-40(47)41-27-25-39(31-48(41)57)58(38-23-19-35(20-24-38)37-21-26-43-42-14-7-9-18-54(42)61-55(43)30-37)49-16-10-17-51-56(49)46-33-52-45(32-53(46)60-51)44-29-36(22-28-50(44)59-52)34-11-4-3-5-12-34/h3-33H,1-2H3. The van der Waals surface area contributed by atoms with Crippen molar-refractivity contribution in [2.75, 3.05) is 4.90 Å². The van der Waals surface area contributed by atoms with Gasteiger partial charge in [0.05, 0.1) is 11.1 Å². The predicted molar refractivity (Wildman–Crippen MR) is 257 cm³/mol. The summed E-state index contributed by atoms with van der Waals surface area (Å²) in [7, 11) is 0. The second kappa shape index (κ2) is 12.8. The van der Waals surface area contributed by atoms with Gasteiger partial charge in [0.1, 0.15) is 22.3 Å². The number of hydrogen-bond acceptors (Lipinski definition) is 4. The van der Waals surface area contributed by atoms with Crippen LogP contribution in [0.3, 0.4) is 0 Å². The molecule has 288 valence electrons. The Hall–Kier alpha value is -7.40. The first-order valence-electron chi connectivity index (χ1n) is 20.9. The second-order valence-corrected chi connectivity index (χ2v) is 18.0. The topological polar surface area (TPSA) is 29.5 Å². The van der Waals surface area contributed by atoms with Crippen molar-refractivity contribution in [2.24, 2.45) is 0 Å². The number of rotatable bonds is 5. The lowest BCUT2D eigenvalue weighted by Crippen LogP contribution is -2.16. The Morgan fingerprint density at radius 3 is 1.95 bits per heavy atom. The first-order chi connectivity index (χ1) is 30.0. The first-order valence-corrected chi connectivity index (χ1v) is 21.7. The fourth-order valence-electron chi connectivity index (χ4n) is 10.0. The predicted octanol–water partition coefficient (Wildman–Crippen LogP) is 17.0. The molecule has 0 fully saturated rings. The molecule has 0 N–H and O–H groups in total. The fourth-order valence-corrected chi connectivity index (χ4v) is 11.2. The van der Waals surface area contributed by atoms with Crippen LogP contribution in [-0.2, 0) is 5.41 Å². The monoisotopic (exact) mass is 799 g/mol. The Kier molecular flexibility index (Phi) is 7.23. The van der Waals surface area contributed by atoms with E-state index in [9.17, 15) is 0 Å². The van der Waals surface area contributed by atoms with Crippen LogP contribution in [0.4, 0.5) is 17.1 Å². The van der Waals surface area contributed by atoms with Crippen LogP contribution in [0.25, 0.3) is 97.4 Å². The highest BCUT2D eigenvalue weighted by atomic mass is 32.1. The van der Waals surface area contributed by atoms with Crippen LogP contribution in [0.5, 0.6) is 0 Å². The van der Waals surface area contributed by atoms with Crippen molar-refractivity contribution in [1.82, 2.24) is 0 Å². The summed E-state index contributed by atoms with van der Waals surface area (Å²) in [5.74, 6) is 0.